The molecule has 0 spiro atoms. The number of benzene rings is 1. The molecule has 0 aromatic heterocycles. The lowest BCUT2D eigenvalue weighted by atomic mass is 9.98. The molecule has 0 bridgehead atoms. The first-order valence-corrected chi connectivity index (χ1v) is 4.00. The molecule has 0 saturated carbocycles. The fraction of sp³-hybridized carbons (Fsp3) is 0.400. The van der Waals surface area contributed by atoms with Gasteiger partial charge in [0.1, 0.15) is 0 Å². The molecule has 0 aliphatic carbocycles. The van der Waals surface area contributed by atoms with Crippen LogP contribution in [0.15, 0.2) is 12.1 Å². The van der Waals surface area contributed by atoms with E-state index in [0.29, 0.717) is 0 Å². The summed E-state index contributed by atoms with van der Waals surface area (Å²) in [6, 6.07) is 3.92. The number of hydrogen-bond donors (Lipinski definition) is 2. The van der Waals surface area contributed by atoms with Crippen molar-refractivity contribution in [3.8, 4) is 0 Å². The Bertz CT molecular complexity index is 250. The summed E-state index contributed by atoms with van der Waals surface area (Å²) in [6.45, 7) is 3.88. The number of hydrogen-bond acceptors (Lipinski definition) is 2. The third-order valence-electron chi connectivity index (χ3n) is 2.22. The molecule has 0 saturated heterocycles. The predicted molar refractivity (Wildman–Crippen MR) is 47.8 cm³/mol. The lowest BCUT2D eigenvalue weighted by Crippen LogP contribution is -1.99. The summed E-state index contributed by atoms with van der Waals surface area (Å²) in [6.07, 6.45) is 0. The van der Waals surface area contributed by atoms with Crippen LogP contribution in [0.5, 0.6) is 0 Å². The summed E-state index contributed by atoms with van der Waals surface area (Å²) in [5.41, 5.74) is 3.79. The van der Waals surface area contributed by atoms with Gasteiger partial charge in [-0.05, 0) is 36.1 Å². The third kappa shape index (κ3) is 1.49. The zero-order chi connectivity index (χ0) is 9.14. The highest BCUT2D eigenvalue weighted by Crippen LogP contribution is 2.18. The molecule has 2 N–H and O–H groups in total. The van der Waals surface area contributed by atoms with Crippen molar-refractivity contribution in [1.29, 1.82) is 0 Å². The normalized spacial score (nSPS) is 10.3. The average Bonchev–Trinajstić information content (AvgIpc) is 2.08. The second-order valence-corrected chi connectivity index (χ2v) is 2.97. The van der Waals surface area contributed by atoms with Crippen LogP contribution < -0.4 is 0 Å². The van der Waals surface area contributed by atoms with Gasteiger partial charge in [0.25, 0.3) is 0 Å². The van der Waals surface area contributed by atoms with E-state index in [4.69, 9.17) is 10.2 Å². The molecule has 0 fully saturated rings. The molecule has 12 heavy (non-hydrogen) atoms. The van der Waals surface area contributed by atoms with Crippen LogP contribution in [-0.2, 0) is 13.2 Å². The van der Waals surface area contributed by atoms with Crippen LogP contribution in [0.4, 0.5) is 0 Å². The lowest BCUT2D eigenvalue weighted by molar-refractivity contribution is 0.258. The maximum absolute atomic E-state index is 9.04. The third-order valence-corrected chi connectivity index (χ3v) is 2.22. The first-order valence-electron chi connectivity index (χ1n) is 4.00. The van der Waals surface area contributed by atoms with Crippen LogP contribution in [0.2, 0.25) is 0 Å². The van der Waals surface area contributed by atoms with Crippen molar-refractivity contribution < 1.29 is 10.2 Å². The fourth-order valence-electron chi connectivity index (χ4n) is 1.37. The van der Waals surface area contributed by atoms with Crippen LogP contribution in [0.3, 0.4) is 0 Å². The molecule has 0 unspecified atom stereocenters. The van der Waals surface area contributed by atoms with E-state index in [9.17, 15) is 0 Å². The average molecular weight is 166 g/mol. The van der Waals surface area contributed by atoms with Crippen LogP contribution in [-0.4, -0.2) is 10.2 Å². The maximum atomic E-state index is 9.04. The standard InChI is InChI=1S/C10H14O2/c1-7-3-4-8(2)10(6-12)9(7)5-11/h3-4,11-12H,5-6H2,1-2H3. The first kappa shape index (κ1) is 9.23. The minimum Gasteiger partial charge on any atom is -0.392 e. The predicted octanol–water partition coefficient (Wildman–Crippen LogP) is 1.29. The first-order chi connectivity index (χ1) is 5.70. The Labute approximate surface area is 72.5 Å². The van der Waals surface area contributed by atoms with E-state index >= 15 is 0 Å². The van der Waals surface area contributed by atoms with Gasteiger partial charge in [-0.3, -0.25) is 0 Å². The van der Waals surface area contributed by atoms with E-state index in [1.165, 1.54) is 0 Å². The minimum absolute atomic E-state index is 0.00338. The van der Waals surface area contributed by atoms with E-state index in [2.05, 4.69) is 0 Å². The largest absolute Gasteiger partial charge is 0.392 e. The Balaban J connectivity index is 3.28. The van der Waals surface area contributed by atoms with Gasteiger partial charge in [-0.25, -0.2) is 0 Å². The molecule has 2 nitrogen and oxygen atoms in total. The molecule has 0 amide bonds. The fourth-order valence-corrected chi connectivity index (χ4v) is 1.37. The highest BCUT2D eigenvalue weighted by molar-refractivity contribution is 5.39. The number of rotatable bonds is 2. The molecule has 0 aliphatic heterocycles. The van der Waals surface area contributed by atoms with Crippen LogP contribution in [0, 0.1) is 13.8 Å². The summed E-state index contributed by atoms with van der Waals surface area (Å²) in [5.74, 6) is 0. The van der Waals surface area contributed by atoms with Gasteiger partial charge in [-0.15, -0.1) is 0 Å². The topological polar surface area (TPSA) is 40.5 Å². The zero-order valence-corrected chi connectivity index (χ0v) is 7.46. The van der Waals surface area contributed by atoms with Gasteiger partial charge < -0.3 is 10.2 Å². The quantitative estimate of drug-likeness (QED) is 0.695. The molecular formula is C10H14O2. The summed E-state index contributed by atoms with van der Waals surface area (Å²) in [7, 11) is 0. The Morgan fingerprint density at radius 2 is 1.25 bits per heavy atom. The molecule has 66 valence electrons. The summed E-state index contributed by atoms with van der Waals surface area (Å²) in [4.78, 5) is 0. The second kappa shape index (κ2) is 3.70. The SMILES string of the molecule is Cc1ccc(C)c(CO)c1CO. The Morgan fingerprint density at radius 1 is 0.917 bits per heavy atom. The molecular weight excluding hydrogens is 152 g/mol. The van der Waals surface area contributed by atoms with Gasteiger partial charge in [0.05, 0.1) is 13.2 Å². The molecule has 2 heteroatoms. The second-order valence-electron chi connectivity index (χ2n) is 2.97. The summed E-state index contributed by atoms with van der Waals surface area (Å²) < 4.78 is 0. The molecule has 1 aromatic rings. The zero-order valence-electron chi connectivity index (χ0n) is 7.46. The monoisotopic (exact) mass is 166 g/mol. The van der Waals surface area contributed by atoms with E-state index in [1.54, 1.807) is 0 Å². The van der Waals surface area contributed by atoms with E-state index < -0.39 is 0 Å². The van der Waals surface area contributed by atoms with E-state index in [0.717, 1.165) is 22.3 Å². The molecule has 0 radical (unpaired) electrons. The Kier molecular flexibility index (Phi) is 2.84. The summed E-state index contributed by atoms with van der Waals surface area (Å²) in [5, 5.41) is 18.1. The number of aliphatic hydroxyl groups excluding tert-OH is 2. The Hall–Kier alpha value is -0.860. The highest BCUT2D eigenvalue weighted by Gasteiger charge is 2.05. The maximum Gasteiger partial charge on any atom is 0.0688 e. The van der Waals surface area contributed by atoms with Crippen molar-refractivity contribution in [3.05, 3.63) is 34.4 Å². The smallest absolute Gasteiger partial charge is 0.0688 e. The lowest BCUT2D eigenvalue weighted by Gasteiger charge is -2.10. The van der Waals surface area contributed by atoms with E-state index in [-0.39, 0.29) is 13.2 Å². The van der Waals surface area contributed by atoms with Gasteiger partial charge in [0.2, 0.25) is 0 Å². The van der Waals surface area contributed by atoms with E-state index in [1.807, 2.05) is 26.0 Å². The molecule has 1 aromatic carbocycles. The molecule has 0 aliphatic rings. The minimum atomic E-state index is 0.00338. The molecule has 1 rings (SSSR count). The number of aryl methyl sites for hydroxylation is 2. The van der Waals surface area contributed by atoms with Crippen LogP contribution >= 0.6 is 0 Å². The van der Waals surface area contributed by atoms with Crippen molar-refractivity contribution in [2.45, 2.75) is 27.1 Å². The van der Waals surface area contributed by atoms with Gasteiger partial charge in [-0.1, -0.05) is 12.1 Å². The van der Waals surface area contributed by atoms with Crippen molar-refractivity contribution in [3.63, 3.8) is 0 Å². The summed E-state index contributed by atoms with van der Waals surface area (Å²) >= 11 is 0. The molecule has 0 heterocycles. The number of aliphatic hydroxyl groups is 2. The van der Waals surface area contributed by atoms with Crippen molar-refractivity contribution in [1.82, 2.24) is 0 Å². The van der Waals surface area contributed by atoms with Gasteiger partial charge in [0, 0.05) is 0 Å². The molecule has 0 atom stereocenters. The highest BCUT2D eigenvalue weighted by atomic mass is 16.3. The van der Waals surface area contributed by atoms with Crippen molar-refractivity contribution in [2.24, 2.45) is 0 Å². The van der Waals surface area contributed by atoms with Gasteiger partial charge in [0.15, 0.2) is 0 Å². The van der Waals surface area contributed by atoms with Crippen molar-refractivity contribution in [2.75, 3.05) is 0 Å². The van der Waals surface area contributed by atoms with Gasteiger partial charge >= 0.3 is 0 Å². The van der Waals surface area contributed by atoms with Gasteiger partial charge in [-0.2, -0.15) is 0 Å². The Morgan fingerprint density at radius 3 is 1.50 bits per heavy atom. The van der Waals surface area contributed by atoms with Crippen molar-refractivity contribution >= 4 is 0 Å². The van der Waals surface area contributed by atoms with Crippen LogP contribution in [0.1, 0.15) is 22.3 Å². The van der Waals surface area contributed by atoms with Crippen LogP contribution in [0.25, 0.3) is 0 Å².